The largest absolute Gasteiger partial charge is 0.495 e. The highest BCUT2D eigenvalue weighted by atomic mass is 35.5. The third-order valence-electron chi connectivity index (χ3n) is 2.92. The lowest BCUT2D eigenvalue weighted by Crippen LogP contribution is -2.10. The number of carbonyl (C=O) groups excluding carboxylic acids is 1. The van der Waals surface area contributed by atoms with E-state index in [9.17, 15) is 9.18 Å². The van der Waals surface area contributed by atoms with Crippen LogP contribution in [0.3, 0.4) is 0 Å². The summed E-state index contributed by atoms with van der Waals surface area (Å²) in [6.07, 6.45) is 0. The highest BCUT2D eigenvalue weighted by Gasteiger charge is 2.16. The Hall–Kier alpha value is -2.27. The molecular formula is C15H13ClFNO3. The van der Waals surface area contributed by atoms with Gasteiger partial charge in [-0.1, -0.05) is 23.7 Å². The van der Waals surface area contributed by atoms with E-state index in [4.69, 9.17) is 26.8 Å². The molecule has 0 aliphatic rings. The van der Waals surface area contributed by atoms with Crippen LogP contribution in [0.2, 0.25) is 5.02 Å². The normalized spacial score (nSPS) is 10.2. The molecule has 0 saturated heterocycles. The predicted molar refractivity (Wildman–Crippen MR) is 77.9 cm³/mol. The first-order chi connectivity index (χ1) is 10.0. The third kappa shape index (κ3) is 3.25. The summed E-state index contributed by atoms with van der Waals surface area (Å²) >= 11 is 5.86. The topological polar surface area (TPSA) is 61.5 Å². The van der Waals surface area contributed by atoms with E-state index in [1.54, 1.807) is 12.1 Å². The minimum atomic E-state index is -0.675. The Kier molecular flexibility index (Phi) is 4.65. The lowest BCUT2D eigenvalue weighted by Gasteiger charge is -2.11. The van der Waals surface area contributed by atoms with Gasteiger partial charge in [-0.3, -0.25) is 0 Å². The second kappa shape index (κ2) is 6.45. The average molecular weight is 310 g/mol. The molecule has 2 N–H and O–H groups in total. The maximum atomic E-state index is 13.6. The van der Waals surface area contributed by atoms with Gasteiger partial charge in [0.2, 0.25) is 0 Å². The standard InChI is InChI=1S/C15H13ClFNO3/c1-20-13-7-2-4-9(14(13)18)15(19)21-8-10-11(16)5-3-6-12(10)17/h2-7H,8,18H2,1H3. The Morgan fingerprint density at radius 2 is 2.00 bits per heavy atom. The number of rotatable bonds is 4. The van der Waals surface area contributed by atoms with E-state index in [1.165, 1.54) is 31.4 Å². The van der Waals surface area contributed by atoms with Crippen molar-refractivity contribution in [1.29, 1.82) is 0 Å². The number of ether oxygens (including phenoxy) is 2. The van der Waals surface area contributed by atoms with Crippen molar-refractivity contribution in [3.05, 3.63) is 58.4 Å². The van der Waals surface area contributed by atoms with Gasteiger partial charge in [-0.15, -0.1) is 0 Å². The van der Waals surface area contributed by atoms with Crippen molar-refractivity contribution in [2.75, 3.05) is 12.8 Å². The van der Waals surface area contributed by atoms with Crippen LogP contribution in [0.15, 0.2) is 36.4 Å². The van der Waals surface area contributed by atoms with Crippen LogP contribution in [0.5, 0.6) is 5.75 Å². The zero-order valence-corrected chi connectivity index (χ0v) is 12.0. The minimum absolute atomic E-state index is 0.119. The number of methoxy groups -OCH3 is 1. The molecular weight excluding hydrogens is 297 g/mol. The summed E-state index contributed by atoms with van der Waals surface area (Å²) < 4.78 is 23.7. The Morgan fingerprint density at radius 1 is 1.29 bits per heavy atom. The molecule has 0 aliphatic carbocycles. The summed E-state index contributed by atoms with van der Waals surface area (Å²) in [6.45, 7) is -0.277. The molecule has 0 radical (unpaired) electrons. The molecule has 4 nitrogen and oxygen atoms in total. The molecule has 0 spiro atoms. The van der Waals surface area contributed by atoms with Crippen LogP contribution in [-0.4, -0.2) is 13.1 Å². The number of para-hydroxylation sites is 1. The van der Waals surface area contributed by atoms with E-state index in [0.29, 0.717) is 5.75 Å². The van der Waals surface area contributed by atoms with Crippen LogP contribution in [0.25, 0.3) is 0 Å². The number of benzene rings is 2. The minimum Gasteiger partial charge on any atom is -0.495 e. The maximum absolute atomic E-state index is 13.6. The van der Waals surface area contributed by atoms with Crippen LogP contribution < -0.4 is 10.5 Å². The first-order valence-electron chi connectivity index (χ1n) is 6.07. The zero-order valence-electron chi connectivity index (χ0n) is 11.2. The molecule has 2 rings (SSSR count). The van der Waals surface area contributed by atoms with Gasteiger partial charge in [0.1, 0.15) is 18.2 Å². The van der Waals surface area contributed by atoms with Crippen LogP contribution in [0.1, 0.15) is 15.9 Å². The van der Waals surface area contributed by atoms with Crippen molar-refractivity contribution in [1.82, 2.24) is 0 Å². The van der Waals surface area contributed by atoms with E-state index in [-0.39, 0.29) is 28.4 Å². The fraction of sp³-hybridized carbons (Fsp3) is 0.133. The number of nitrogens with two attached hydrogens (primary N) is 1. The molecule has 0 saturated carbocycles. The lowest BCUT2D eigenvalue weighted by molar-refractivity contribution is 0.0470. The van der Waals surface area contributed by atoms with Crippen molar-refractivity contribution in [2.24, 2.45) is 0 Å². The zero-order chi connectivity index (χ0) is 15.4. The van der Waals surface area contributed by atoms with E-state index in [2.05, 4.69) is 0 Å². The highest BCUT2D eigenvalue weighted by Crippen LogP contribution is 2.26. The fourth-order valence-electron chi connectivity index (χ4n) is 1.79. The second-order valence-electron chi connectivity index (χ2n) is 4.20. The first kappa shape index (κ1) is 15.1. The Bertz CT molecular complexity index is 656. The number of halogens is 2. The SMILES string of the molecule is COc1cccc(C(=O)OCc2c(F)cccc2Cl)c1N. The average Bonchev–Trinajstić information content (AvgIpc) is 2.46. The van der Waals surface area contributed by atoms with E-state index >= 15 is 0 Å². The van der Waals surface area contributed by atoms with E-state index in [1.807, 2.05) is 0 Å². The molecule has 0 fully saturated rings. The van der Waals surface area contributed by atoms with Gasteiger partial charge in [-0.05, 0) is 24.3 Å². The smallest absolute Gasteiger partial charge is 0.340 e. The van der Waals surface area contributed by atoms with Gasteiger partial charge in [-0.2, -0.15) is 0 Å². The van der Waals surface area contributed by atoms with Gasteiger partial charge in [0.05, 0.1) is 23.4 Å². The predicted octanol–water partition coefficient (Wildman–Crippen LogP) is 3.43. The molecule has 0 aliphatic heterocycles. The number of hydrogen-bond acceptors (Lipinski definition) is 4. The molecule has 6 heteroatoms. The van der Waals surface area contributed by atoms with E-state index < -0.39 is 11.8 Å². The quantitative estimate of drug-likeness (QED) is 0.694. The summed E-state index contributed by atoms with van der Waals surface area (Å²) in [5.74, 6) is -0.840. The Morgan fingerprint density at radius 3 is 2.67 bits per heavy atom. The molecule has 2 aromatic rings. The monoisotopic (exact) mass is 309 g/mol. The molecule has 0 aromatic heterocycles. The first-order valence-corrected chi connectivity index (χ1v) is 6.45. The van der Waals surface area contributed by atoms with Crippen molar-refractivity contribution < 1.29 is 18.7 Å². The van der Waals surface area contributed by atoms with Gasteiger partial charge in [0, 0.05) is 5.56 Å². The summed E-state index contributed by atoms with van der Waals surface area (Å²) in [5, 5.41) is 0.196. The molecule has 0 atom stereocenters. The Labute approximate surface area is 126 Å². The lowest BCUT2D eigenvalue weighted by atomic mass is 10.1. The number of esters is 1. The fourth-order valence-corrected chi connectivity index (χ4v) is 2.00. The van der Waals surface area contributed by atoms with Gasteiger partial charge >= 0.3 is 5.97 Å². The van der Waals surface area contributed by atoms with Crippen LogP contribution >= 0.6 is 11.6 Å². The van der Waals surface area contributed by atoms with Crippen molar-refractivity contribution in [2.45, 2.75) is 6.61 Å². The molecule has 0 bridgehead atoms. The second-order valence-corrected chi connectivity index (χ2v) is 4.61. The summed E-state index contributed by atoms with van der Waals surface area (Å²) in [4.78, 5) is 12.0. The third-order valence-corrected chi connectivity index (χ3v) is 3.27. The molecule has 21 heavy (non-hydrogen) atoms. The molecule has 0 amide bonds. The number of anilines is 1. The molecule has 2 aromatic carbocycles. The number of nitrogen functional groups attached to an aromatic ring is 1. The van der Waals surface area contributed by atoms with Crippen LogP contribution in [-0.2, 0) is 11.3 Å². The Balaban J connectivity index is 2.16. The van der Waals surface area contributed by atoms with Gasteiger partial charge < -0.3 is 15.2 Å². The molecule has 110 valence electrons. The maximum Gasteiger partial charge on any atom is 0.340 e. The molecule has 0 heterocycles. The van der Waals surface area contributed by atoms with Crippen molar-refractivity contribution in [3.8, 4) is 5.75 Å². The number of hydrogen-bond donors (Lipinski definition) is 1. The van der Waals surface area contributed by atoms with Gasteiger partial charge in [-0.25, -0.2) is 9.18 Å². The van der Waals surface area contributed by atoms with Crippen LogP contribution in [0, 0.1) is 5.82 Å². The van der Waals surface area contributed by atoms with E-state index in [0.717, 1.165) is 0 Å². The van der Waals surface area contributed by atoms with Crippen molar-refractivity contribution in [3.63, 3.8) is 0 Å². The highest BCUT2D eigenvalue weighted by molar-refractivity contribution is 6.31. The van der Waals surface area contributed by atoms with Gasteiger partial charge in [0.15, 0.2) is 0 Å². The van der Waals surface area contributed by atoms with Crippen LogP contribution in [0.4, 0.5) is 10.1 Å². The molecule has 0 unspecified atom stereocenters. The summed E-state index contributed by atoms with van der Waals surface area (Å²) in [7, 11) is 1.44. The summed E-state index contributed by atoms with van der Waals surface area (Å²) in [5.41, 5.74) is 6.24. The van der Waals surface area contributed by atoms with Crippen molar-refractivity contribution >= 4 is 23.3 Å². The van der Waals surface area contributed by atoms with Gasteiger partial charge in [0.25, 0.3) is 0 Å². The number of carbonyl (C=O) groups is 1. The summed E-state index contributed by atoms with van der Waals surface area (Å²) in [6, 6.07) is 8.98.